The first-order chi connectivity index (χ1) is 5.77. The Morgan fingerprint density at radius 1 is 1.58 bits per heavy atom. The Hall–Kier alpha value is -1.32. The van der Waals surface area contributed by atoms with Gasteiger partial charge in [-0.25, -0.2) is 9.37 Å². The third-order valence-corrected chi connectivity index (χ3v) is 1.69. The third-order valence-electron chi connectivity index (χ3n) is 1.69. The molecule has 1 aliphatic carbocycles. The summed E-state index contributed by atoms with van der Waals surface area (Å²) in [4.78, 5) is 3.73. The van der Waals surface area contributed by atoms with Gasteiger partial charge in [0, 0.05) is 6.20 Å². The summed E-state index contributed by atoms with van der Waals surface area (Å²) in [5.41, 5.74) is 5.42. The zero-order valence-corrected chi connectivity index (χ0v) is 6.46. The normalized spacial score (nSPS) is 16.1. The van der Waals surface area contributed by atoms with E-state index in [1.54, 1.807) is 0 Å². The lowest BCUT2D eigenvalue weighted by Crippen LogP contribution is -2.03. The second kappa shape index (κ2) is 2.62. The van der Waals surface area contributed by atoms with E-state index >= 15 is 0 Å². The summed E-state index contributed by atoms with van der Waals surface area (Å²) < 4.78 is 18.2. The average Bonchev–Trinajstić information content (AvgIpc) is 2.80. The Morgan fingerprint density at radius 2 is 2.33 bits per heavy atom. The quantitative estimate of drug-likeness (QED) is 0.725. The predicted octanol–water partition coefficient (Wildman–Crippen LogP) is 1.34. The Morgan fingerprint density at radius 3 is 2.92 bits per heavy atom. The van der Waals surface area contributed by atoms with E-state index in [0.717, 1.165) is 12.8 Å². The van der Waals surface area contributed by atoms with Crippen molar-refractivity contribution in [3.63, 3.8) is 0 Å². The highest BCUT2D eigenvalue weighted by atomic mass is 19.1. The maximum Gasteiger partial charge on any atom is 0.197 e. The minimum atomic E-state index is -0.436. The Balaban J connectivity index is 2.26. The van der Waals surface area contributed by atoms with Gasteiger partial charge < -0.3 is 10.5 Å². The molecule has 0 atom stereocenters. The van der Waals surface area contributed by atoms with Gasteiger partial charge in [-0.05, 0) is 18.9 Å². The minimum Gasteiger partial charge on any atom is -0.484 e. The Kier molecular flexibility index (Phi) is 1.60. The molecule has 0 spiro atoms. The maximum absolute atomic E-state index is 13.0. The summed E-state index contributed by atoms with van der Waals surface area (Å²) in [6.07, 6.45) is 3.43. The van der Waals surface area contributed by atoms with Crippen molar-refractivity contribution < 1.29 is 9.13 Å². The van der Waals surface area contributed by atoms with Crippen LogP contribution in [0.1, 0.15) is 12.8 Å². The summed E-state index contributed by atoms with van der Waals surface area (Å²) in [5, 5.41) is 0. The van der Waals surface area contributed by atoms with Crippen LogP contribution >= 0.6 is 0 Å². The SMILES string of the molecule is Nc1nccc(F)c1OC1CC1. The molecule has 1 aliphatic rings. The first-order valence-corrected chi connectivity index (χ1v) is 3.84. The molecule has 0 unspecified atom stereocenters. The molecule has 1 saturated carbocycles. The van der Waals surface area contributed by atoms with E-state index in [4.69, 9.17) is 10.5 Å². The van der Waals surface area contributed by atoms with Gasteiger partial charge in [0.15, 0.2) is 17.4 Å². The van der Waals surface area contributed by atoms with E-state index in [0.29, 0.717) is 0 Å². The molecule has 0 bridgehead atoms. The zero-order valence-electron chi connectivity index (χ0n) is 6.46. The van der Waals surface area contributed by atoms with Gasteiger partial charge in [-0.15, -0.1) is 0 Å². The van der Waals surface area contributed by atoms with Crippen LogP contribution in [-0.2, 0) is 0 Å². The summed E-state index contributed by atoms with van der Waals surface area (Å²) >= 11 is 0. The molecule has 1 heterocycles. The molecular weight excluding hydrogens is 159 g/mol. The molecule has 1 fully saturated rings. The monoisotopic (exact) mass is 168 g/mol. The van der Waals surface area contributed by atoms with Crippen LogP contribution in [0.4, 0.5) is 10.2 Å². The molecule has 1 aromatic rings. The molecule has 4 heteroatoms. The van der Waals surface area contributed by atoms with Crippen molar-refractivity contribution in [2.75, 3.05) is 5.73 Å². The van der Waals surface area contributed by atoms with Crippen molar-refractivity contribution in [1.29, 1.82) is 0 Å². The van der Waals surface area contributed by atoms with E-state index in [9.17, 15) is 4.39 Å². The molecule has 1 aromatic heterocycles. The molecule has 0 radical (unpaired) electrons. The molecule has 2 rings (SSSR count). The Labute approximate surface area is 69.4 Å². The average molecular weight is 168 g/mol. The van der Waals surface area contributed by atoms with E-state index < -0.39 is 5.82 Å². The molecule has 0 aromatic carbocycles. The number of hydrogen-bond acceptors (Lipinski definition) is 3. The summed E-state index contributed by atoms with van der Waals surface area (Å²) in [6, 6.07) is 1.24. The molecule has 2 N–H and O–H groups in total. The fourth-order valence-corrected chi connectivity index (χ4v) is 0.909. The van der Waals surface area contributed by atoms with E-state index in [-0.39, 0.29) is 17.7 Å². The van der Waals surface area contributed by atoms with Gasteiger partial charge in [0.2, 0.25) is 0 Å². The lowest BCUT2D eigenvalue weighted by Gasteiger charge is -2.06. The van der Waals surface area contributed by atoms with E-state index in [1.807, 2.05) is 0 Å². The number of nitrogens with zero attached hydrogens (tertiary/aromatic N) is 1. The molecular formula is C8H9FN2O. The molecule has 0 aliphatic heterocycles. The predicted molar refractivity (Wildman–Crippen MR) is 42.3 cm³/mol. The van der Waals surface area contributed by atoms with Gasteiger partial charge in [-0.3, -0.25) is 0 Å². The number of aromatic nitrogens is 1. The van der Waals surface area contributed by atoms with Gasteiger partial charge in [-0.2, -0.15) is 0 Å². The number of rotatable bonds is 2. The van der Waals surface area contributed by atoms with Gasteiger partial charge in [0.1, 0.15) is 0 Å². The number of nitrogens with two attached hydrogens (primary N) is 1. The van der Waals surface area contributed by atoms with Gasteiger partial charge in [-0.1, -0.05) is 0 Å². The van der Waals surface area contributed by atoms with Gasteiger partial charge in [0.05, 0.1) is 6.10 Å². The minimum absolute atomic E-state index is 0.0972. The largest absolute Gasteiger partial charge is 0.484 e. The number of anilines is 1. The highest BCUT2D eigenvalue weighted by Gasteiger charge is 2.25. The fraction of sp³-hybridized carbons (Fsp3) is 0.375. The summed E-state index contributed by atoms with van der Waals surface area (Å²) in [6.45, 7) is 0. The van der Waals surface area contributed by atoms with Crippen LogP contribution in [0.3, 0.4) is 0 Å². The standard InChI is InChI=1S/C8H9FN2O/c9-6-3-4-11-8(10)7(6)12-5-1-2-5/h3-5H,1-2H2,(H2,10,11). The highest BCUT2D eigenvalue weighted by molar-refractivity contribution is 5.46. The van der Waals surface area contributed by atoms with Crippen molar-refractivity contribution in [2.45, 2.75) is 18.9 Å². The first kappa shape index (κ1) is 7.34. The number of halogens is 1. The number of ether oxygens (including phenoxy) is 1. The van der Waals surface area contributed by atoms with Crippen molar-refractivity contribution in [3.05, 3.63) is 18.1 Å². The topological polar surface area (TPSA) is 48.1 Å². The molecule has 0 amide bonds. The maximum atomic E-state index is 13.0. The number of pyridine rings is 1. The van der Waals surface area contributed by atoms with Crippen LogP contribution in [0.15, 0.2) is 12.3 Å². The third kappa shape index (κ3) is 1.32. The molecule has 12 heavy (non-hydrogen) atoms. The van der Waals surface area contributed by atoms with Crippen LogP contribution in [-0.4, -0.2) is 11.1 Å². The van der Waals surface area contributed by atoms with Crippen LogP contribution in [0.5, 0.6) is 5.75 Å². The van der Waals surface area contributed by atoms with Crippen molar-refractivity contribution in [1.82, 2.24) is 4.98 Å². The second-order valence-electron chi connectivity index (χ2n) is 2.82. The van der Waals surface area contributed by atoms with Crippen molar-refractivity contribution in [3.8, 4) is 5.75 Å². The van der Waals surface area contributed by atoms with E-state index in [2.05, 4.69) is 4.98 Å². The number of hydrogen-bond donors (Lipinski definition) is 1. The van der Waals surface area contributed by atoms with Gasteiger partial charge >= 0.3 is 0 Å². The molecule has 0 saturated heterocycles. The van der Waals surface area contributed by atoms with Crippen molar-refractivity contribution in [2.24, 2.45) is 0 Å². The van der Waals surface area contributed by atoms with Crippen LogP contribution in [0, 0.1) is 5.82 Å². The Bertz CT molecular complexity index is 279. The zero-order chi connectivity index (χ0) is 8.55. The van der Waals surface area contributed by atoms with Crippen LogP contribution < -0.4 is 10.5 Å². The second-order valence-corrected chi connectivity index (χ2v) is 2.82. The van der Waals surface area contributed by atoms with Crippen LogP contribution in [0.2, 0.25) is 0 Å². The molecule has 64 valence electrons. The fourth-order valence-electron chi connectivity index (χ4n) is 0.909. The first-order valence-electron chi connectivity index (χ1n) is 3.84. The van der Waals surface area contributed by atoms with Crippen molar-refractivity contribution >= 4 is 5.82 Å². The van der Waals surface area contributed by atoms with E-state index in [1.165, 1.54) is 12.3 Å². The van der Waals surface area contributed by atoms with Gasteiger partial charge in [0.25, 0.3) is 0 Å². The lowest BCUT2D eigenvalue weighted by atomic mass is 10.4. The summed E-state index contributed by atoms with van der Waals surface area (Å²) in [7, 11) is 0. The number of nitrogen functional groups attached to an aromatic ring is 1. The lowest BCUT2D eigenvalue weighted by molar-refractivity contribution is 0.288. The van der Waals surface area contributed by atoms with Crippen LogP contribution in [0.25, 0.3) is 0 Å². The smallest absolute Gasteiger partial charge is 0.197 e. The molecule has 3 nitrogen and oxygen atoms in total. The summed E-state index contributed by atoms with van der Waals surface area (Å²) in [5.74, 6) is -0.212. The highest BCUT2D eigenvalue weighted by Crippen LogP contribution is 2.31.